The van der Waals surface area contributed by atoms with Crippen LogP contribution in [0.25, 0.3) is 6.08 Å². The number of aliphatic carboxylic acids is 2. The van der Waals surface area contributed by atoms with Crippen molar-refractivity contribution in [2.75, 3.05) is 7.11 Å². The van der Waals surface area contributed by atoms with E-state index < -0.39 is 18.0 Å². The molecule has 0 aliphatic rings. The average molecular weight is 266 g/mol. The first-order valence-electron chi connectivity index (χ1n) is 5.42. The minimum Gasteiger partial charge on any atom is -0.497 e. The molecule has 0 aromatic heterocycles. The number of rotatable bonds is 6. The van der Waals surface area contributed by atoms with E-state index in [1.54, 1.807) is 12.1 Å². The largest absolute Gasteiger partial charge is 0.497 e. The highest BCUT2D eigenvalue weighted by Crippen LogP contribution is 2.27. The van der Waals surface area contributed by atoms with Gasteiger partial charge in [-0.15, -0.1) is 0 Å². The summed E-state index contributed by atoms with van der Waals surface area (Å²) in [5.74, 6) is -1.49. The minimum absolute atomic E-state index is 0.242. The molecule has 0 fully saturated rings. The van der Waals surface area contributed by atoms with Crippen molar-refractivity contribution in [1.29, 1.82) is 0 Å². The zero-order chi connectivity index (χ0) is 14.4. The zero-order valence-corrected chi connectivity index (χ0v) is 10.5. The van der Waals surface area contributed by atoms with Gasteiger partial charge in [-0.25, -0.2) is 9.59 Å². The summed E-state index contributed by atoms with van der Waals surface area (Å²) >= 11 is 0. The Bertz CT molecular complexity index is 506. The van der Waals surface area contributed by atoms with E-state index in [9.17, 15) is 9.59 Å². The Hall–Kier alpha value is -2.50. The monoisotopic (exact) mass is 266 g/mol. The molecule has 0 amide bonds. The van der Waals surface area contributed by atoms with Gasteiger partial charge in [-0.2, -0.15) is 0 Å². The molecule has 1 aromatic rings. The molecule has 0 spiro atoms. The molecule has 6 heteroatoms. The molecule has 0 heterocycles. The molecule has 6 nitrogen and oxygen atoms in total. The first-order chi connectivity index (χ1) is 8.93. The highest BCUT2D eigenvalue weighted by molar-refractivity contribution is 5.86. The highest BCUT2D eigenvalue weighted by Gasteiger charge is 2.14. The molecule has 1 atom stereocenters. The van der Waals surface area contributed by atoms with Crippen LogP contribution in [0.5, 0.6) is 11.5 Å². The first-order valence-corrected chi connectivity index (χ1v) is 5.42. The SMILES string of the molecule is COc1ccc(C=CC(=O)O)c(OC(C)C(=O)O)c1. The molecule has 0 saturated carbocycles. The van der Waals surface area contributed by atoms with E-state index in [1.165, 1.54) is 26.2 Å². The van der Waals surface area contributed by atoms with Crippen LogP contribution in [0.2, 0.25) is 0 Å². The van der Waals surface area contributed by atoms with Crippen molar-refractivity contribution in [3.63, 3.8) is 0 Å². The molecular weight excluding hydrogens is 252 g/mol. The second-order valence-corrected chi connectivity index (χ2v) is 3.67. The lowest BCUT2D eigenvalue weighted by atomic mass is 10.1. The van der Waals surface area contributed by atoms with E-state index in [0.717, 1.165) is 6.08 Å². The Morgan fingerprint density at radius 3 is 2.53 bits per heavy atom. The average Bonchev–Trinajstić information content (AvgIpc) is 2.36. The van der Waals surface area contributed by atoms with Crippen LogP contribution in [0, 0.1) is 0 Å². The number of hydrogen-bond donors (Lipinski definition) is 2. The summed E-state index contributed by atoms with van der Waals surface area (Å²) in [6, 6.07) is 4.71. The minimum atomic E-state index is -1.11. The summed E-state index contributed by atoms with van der Waals surface area (Å²) < 4.78 is 10.3. The van der Waals surface area contributed by atoms with Crippen LogP contribution in [0.4, 0.5) is 0 Å². The Morgan fingerprint density at radius 1 is 1.32 bits per heavy atom. The molecule has 0 bridgehead atoms. The molecule has 2 N–H and O–H groups in total. The number of methoxy groups -OCH3 is 1. The molecule has 0 radical (unpaired) electrons. The molecule has 102 valence electrons. The van der Waals surface area contributed by atoms with Crippen molar-refractivity contribution in [2.45, 2.75) is 13.0 Å². The second kappa shape index (κ2) is 6.44. The molecule has 1 unspecified atom stereocenters. The van der Waals surface area contributed by atoms with Gasteiger partial charge < -0.3 is 19.7 Å². The van der Waals surface area contributed by atoms with Gasteiger partial charge in [-0.3, -0.25) is 0 Å². The summed E-state index contributed by atoms with van der Waals surface area (Å²) in [4.78, 5) is 21.3. The van der Waals surface area contributed by atoms with Gasteiger partial charge in [0, 0.05) is 17.7 Å². The van der Waals surface area contributed by atoms with E-state index in [2.05, 4.69) is 0 Å². The van der Waals surface area contributed by atoms with E-state index in [0.29, 0.717) is 11.3 Å². The molecule has 1 rings (SSSR count). The summed E-state index contributed by atoms with van der Waals surface area (Å²) in [5, 5.41) is 17.4. The maximum atomic E-state index is 10.8. The van der Waals surface area contributed by atoms with Crippen molar-refractivity contribution < 1.29 is 29.3 Å². The summed E-state index contributed by atoms with van der Waals surface area (Å²) in [6.07, 6.45) is 1.22. The predicted octanol–water partition coefficient (Wildman–Crippen LogP) is 1.64. The zero-order valence-electron chi connectivity index (χ0n) is 10.5. The van der Waals surface area contributed by atoms with Crippen molar-refractivity contribution in [2.24, 2.45) is 0 Å². The maximum absolute atomic E-state index is 10.8. The quantitative estimate of drug-likeness (QED) is 0.760. The van der Waals surface area contributed by atoms with E-state index in [-0.39, 0.29) is 5.75 Å². The van der Waals surface area contributed by atoms with Crippen LogP contribution in [-0.4, -0.2) is 35.4 Å². The Morgan fingerprint density at radius 2 is 2.00 bits per heavy atom. The van der Waals surface area contributed by atoms with Gasteiger partial charge in [-0.1, -0.05) is 0 Å². The summed E-state index contributed by atoms with van der Waals surface area (Å²) in [6.45, 7) is 1.38. The predicted molar refractivity (Wildman–Crippen MR) is 67.4 cm³/mol. The third kappa shape index (κ3) is 4.34. The standard InChI is InChI=1S/C13H14O6/c1-8(13(16)17)19-11-7-10(18-2)5-3-9(11)4-6-12(14)15/h3-8H,1-2H3,(H,14,15)(H,16,17). The van der Waals surface area contributed by atoms with Gasteiger partial charge in [0.25, 0.3) is 0 Å². The molecule has 0 aliphatic carbocycles. The summed E-state index contributed by atoms with van der Waals surface area (Å²) in [7, 11) is 1.46. The van der Waals surface area contributed by atoms with E-state index in [1.807, 2.05) is 0 Å². The highest BCUT2D eigenvalue weighted by atomic mass is 16.5. The molecular formula is C13H14O6. The molecule has 0 saturated heterocycles. The molecule has 1 aromatic carbocycles. The van der Waals surface area contributed by atoms with Gasteiger partial charge in [0.05, 0.1) is 7.11 Å². The van der Waals surface area contributed by atoms with Crippen LogP contribution >= 0.6 is 0 Å². The number of ether oxygens (including phenoxy) is 2. The fourth-order valence-corrected chi connectivity index (χ4v) is 1.28. The Balaban J connectivity index is 3.08. The van der Waals surface area contributed by atoms with Crippen molar-refractivity contribution in [1.82, 2.24) is 0 Å². The maximum Gasteiger partial charge on any atom is 0.344 e. The number of benzene rings is 1. The van der Waals surface area contributed by atoms with Crippen LogP contribution in [0.1, 0.15) is 12.5 Å². The van der Waals surface area contributed by atoms with Crippen LogP contribution in [0.3, 0.4) is 0 Å². The van der Waals surface area contributed by atoms with Gasteiger partial charge in [-0.05, 0) is 25.1 Å². The lowest BCUT2D eigenvalue weighted by Gasteiger charge is -2.13. The van der Waals surface area contributed by atoms with Crippen LogP contribution in [0.15, 0.2) is 24.3 Å². The van der Waals surface area contributed by atoms with Crippen molar-refractivity contribution in [3.05, 3.63) is 29.8 Å². The van der Waals surface area contributed by atoms with Crippen molar-refractivity contribution >= 4 is 18.0 Å². The second-order valence-electron chi connectivity index (χ2n) is 3.67. The van der Waals surface area contributed by atoms with Gasteiger partial charge >= 0.3 is 11.9 Å². The van der Waals surface area contributed by atoms with E-state index >= 15 is 0 Å². The van der Waals surface area contributed by atoms with Gasteiger partial charge in [0.1, 0.15) is 11.5 Å². The van der Waals surface area contributed by atoms with Gasteiger partial charge in [0.15, 0.2) is 6.10 Å². The number of carboxylic acid groups (broad SMARTS) is 2. The third-order valence-electron chi connectivity index (χ3n) is 2.28. The topological polar surface area (TPSA) is 93.1 Å². The first kappa shape index (κ1) is 14.6. The number of carboxylic acids is 2. The van der Waals surface area contributed by atoms with E-state index in [4.69, 9.17) is 19.7 Å². The fraction of sp³-hybridized carbons (Fsp3) is 0.231. The molecule has 19 heavy (non-hydrogen) atoms. The number of carbonyl (C=O) groups is 2. The summed E-state index contributed by atoms with van der Waals surface area (Å²) in [5.41, 5.74) is 0.455. The Kier molecular flexibility index (Phi) is 4.93. The van der Waals surface area contributed by atoms with Crippen molar-refractivity contribution in [3.8, 4) is 11.5 Å². The molecule has 0 aliphatic heterocycles. The lowest BCUT2D eigenvalue weighted by molar-refractivity contribution is -0.144. The van der Waals surface area contributed by atoms with Crippen LogP contribution in [-0.2, 0) is 9.59 Å². The smallest absolute Gasteiger partial charge is 0.344 e. The third-order valence-corrected chi connectivity index (χ3v) is 2.28. The Labute approximate surface area is 109 Å². The number of hydrogen-bond acceptors (Lipinski definition) is 4. The van der Waals surface area contributed by atoms with Crippen LogP contribution < -0.4 is 9.47 Å². The fourth-order valence-electron chi connectivity index (χ4n) is 1.28. The van der Waals surface area contributed by atoms with Gasteiger partial charge in [0.2, 0.25) is 0 Å². The normalized spacial score (nSPS) is 12.1. The lowest BCUT2D eigenvalue weighted by Crippen LogP contribution is -2.23.